The van der Waals surface area contributed by atoms with Crippen molar-refractivity contribution in [1.82, 2.24) is 0 Å². The zero-order valence-electron chi connectivity index (χ0n) is 9.97. The van der Waals surface area contributed by atoms with E-state index < -0.39 is 10.0 Å². The highest BCUT2D eigenvalue weighted by Gasteiger charge is 2.06. The Hall–Kier alpha value is -1.23. The molecule has 0 amide bonds. The number of hydrogen-bond acceptors (Lipinski definition) is 2. The first-order chi connectivity index (χ1) is 8.90. The van der Waals surface area contributed by atoms with E-state index in [0.717, 1.165) is 0 Å². The van der Waals surface area contributed by atoms with Crippen LogP contribution in [-0.4, -0.2) is 8.42 Å². The number of sulfonamides is 1. The minimum atomic E-state index is -3.76. The third-order valence-corrected chi connectivity index (χ3v) is 4.54. The van der Waals surface area contributed by atoms with Gasteiger partial charge in [0.1, 0.15) is 10.0 Å². The number of benzene rings is 2. The summed E-state index contributed by atoms with van der Waals surface area (Å²) >= 11 is 11.7. The quantitative estimate of drug-likeness (QED) is 0.824. The highest BCUT2D eigenvalue weighted by atomic mass is 35.5. The van der Waals surface area contributed by atoms with E-state index in [1.807, 2.05) is 0 Å². The molecular weight excluding hydrogens is 305 g/mol. The number of rotatable bonds is 3. The smallest absolute Gasteiger partial charge is 0.123 e. The maximum absolute atomic E-state index is 12.1. The van der Waals surface area contributed by atoms with Gasteiger partial charge in [-0.05, 0) is 42.8 Å². The van der Waals surface area contributed by atoms with Gasteiger partial charge in [-0.25, -0.2) is 8.42 Å². The lowest BCUT2D eigenvalue weighted by Gasteiger charge is -2.24. The molecule has 6 heteroatoms. The number of hydrogen-bond donors (Lipinski definition) is 0. The summed E-state index contributed by atoms with van der Waals surface area (Å²) in [5.74, 6) is 0. The highest BCUT2D eigenvalue weighted by Crippen LogP contribution is 2.33. The van der Waals surface area contributed by atoms with Gasteiger partial charge in [0.05, 0.1) is 4.90 Å². The van der Waals surface area contributed by atoms with Gasteiger partial charge in [0, 0.05) is 10.0 Å². The lowest BCUT2D eigenvalue weighted by Crippen LogP contribution is -1.98. The maximum atomic E-state index is 12.1. The summed E-state index contributed by atoms with van der Waals surface area (Å²) in [6.45, 7) is 1.72. The molecule has 0 atom stereocenters. The zero-order valence-corrected chi connectivity index (χ0v) is 12.3. The molecular formula is C13H10Cl2NO2S-. The summed E-state index contributed by atoms with van der Waals surface area (Å²) in [6, 6.07) is 10.8. The summed E-state index contributed by atoms with van der Waals surface area (Å²) in [4.78, 5) is 0.0938. The van der Waals surface area contributed by atoms with Crippen LogP contribution in [-0.2, 0) is 10.0 Å². The van der Waals surface area contributed by atoms with Crippen LogP contribution in [0.15, 0.2) is 47.4 Å². The molecule has 2 rings (SSSR count). The molecule has 0 aliphatic rings. The van der Waals surface area contributed by atoms with Crippen LogP contribution in [0.3, 0.4) is 0 Å². The van der Waals surface area contributed by atoms with Crippen LogP contribution in [0.4, 0.5) is 5.69 Å². The zero-order chi connectivity index (χ0) is 14.0. The van der Waals surface area contributed by atoms with Crippen LogP contribution < -0.4 is 0 Å². The summed E-state index contributed by atoms with van der Waals surface area (Å²) in [7, 11) is -3.76. The van der Waals surface area contributed by atoms with Crippen molar-refractivity contribution in [2.75, 3.05) is 0 Å². The molecule has 0 spiro atoms. The van der Waals surface area contributed by atoms with Gasteiger partial charge in [0.2, 0.25) is 0 Å². The van der Waals surface area contributed by atoms with Crippen LogP contribution in [0.5, 0.6) is 0 Å². The van der Waals surface area contributed by atoms with Crippen molar-refractivity contribution >= 4 is 38.9 Å². The maximum Gasteiger partial charge on any atom is 0.123 e. The fourth-order valence-corrected chi connectivity index (χ4v) is 2.82. The Kier molecular flexibility index (Phi) is 4.04. The van der Waals surface area contributed by atoms with Crippen LogP contribution in [0.1, 0.15) is 5.56 Å². The standard InChI is InChI=1S/C13H10Cl2NO2S/c1-9-12(15)3-2-4-13(9)16-19(17,18)11-7-5-10(14)6-8-11/h2-8H,1H3/q-1. The Morgan fingerprint density at radius 3 is 2.26 bits per heavy atom. The molecule has 0 saturated heterocycles. The molecule has 0 bridgehead atoms. The summed E-state index contributed by atoms with van der Waals surface area (Å²) in [5, 5.41) is 0.949. The number of nitrogens with zero attached hydrogens (tertiary/aromatic N) is 1. The predicted molar refractivity (Wildman–Crippen MR) is 77.8 cm³/mol. The first-order valence-electron chi connectivity index (χ1n) is 5.39. The first-order valence-corrected chi connectivity index (χ1v) is 7.58. The molecule has 0 unspecified atom stereocenters. The molecule has 2 aromatic carbocycles. The normalized spacial score (nSPS) is 11.3. The summed E-state index contributed by atoms with van der Waals surface area (Å²) in [5.41, 5.74) is 0.962. The second kappa shape index (κ2) is 5.41. The average molecular weight is 315 g/mol. The SMILES string of the molecule is Cc1c(Cl)cccc1[N-]S(=O)(=O)c1ccc(Cl)cc1. The van der Waals surface area contributed by atoms with Gasteiger partial charge in [-0.15, -0.1) is 5.69 Å². The van der Waals surface area contributed by atoms with Crippen molar-refractivity contribution in [2.24, 2.45) is 0 Å². The Balaban J connectivity index is 2.36. The van der Waals surface area contributed by atoms with Gasteiger partial charge in [-0.1, -0.05) is 35.3 Å². The molecule has 0 saturated carbocycles. The topological polar surface area (TPSA) is 48.2 Å². The molecule has 2 aromatic rings. The van der Waals surface area contributed by atoms with Crippen molar-refractivity contribution in [3.05, 3.63) is 62.8 Å². The second-order valence-electron chi connectivity index (χ2n) is 3.90. The van der Waals surface area contributed by atoms with Crippen molar-refractivity contribution in [1.29, 1.82) is 0 Å². The highest BCUT2D eigenvalue weighted by molar-refractivity contribution is 7.94. The van der Waals surface area contributed by atoms with Crippen molar-refractivity contribution < 1.29 is 8.42 Å². The monoisotopic (exact) mass is 314 g/mol. The Bertz CT molecular complexity index is 697. The molecule has 3 nitrogen and oxygen atoms in total. The van der Waals surface area contributed by atoms with E-state index in [-0.39, 0.29) is 4.90 Å². The third kappa shape index (κ3) is 3.21. The Morgan fingerprint density at radius 1 is 1.00 bits per heavy atom. The van der Waals surface area contributed by atoms with Crippen molar-refractivity contribution in [3.63, 3.8) is 0 Å². The van der Waals surface area contributed by atoms with Gasteiger partial charge in [0.25, 0.3) is 0 Å². The van der Waals surface area contributed by atoms with Crippen LogP contribution in [0.2, 0.25) is 10.0 Å². The molecule has 0 fully saturated rings. The van der Waals surface area contributed by atoms with Gasteiger partial charge >= 0.3 is 0 Å². The van der Waals surface area contributed by atoms with Crippen molar-refractivity contribution in [2.45, 2.75) is 11.8 Å². The van der Waals surface area contributed by atoms with Crippen LogP contribution in [0, 0.1) is 6.92 Å². The predicted octanol–water partition coefficient (Wildman–Crippen LogP) is 4.70. The fourth-order valence-electron chi connectivity index (χ4n) is 1.48. The Labute approximate surface area is 122 Å². The molecule has 19 heavy (non-hydrogen) atoms. The van der Waals surface area contributed by atoms with E-state index >= 15 is 0 Å². The van der Waals surface area contributed by atoms with E-state index in [0.29, 0.717) is 21.3 Å². The molecule has 100 valence electrons. The van der Waals surface area contributed by atoms with Gasteiger partial charge < -0.3 is 4.72 Å². The average Bonchev–Trinajstić information content (AvgIpc) is 2.35. The Morgan fingerprint density at radius 2 is 1.63 bits per heavy atom. The number of halogens is 2. The molecule has 0 aliphatic carbocycles. The van der Waals surface area contributed by atoms with E-state index in [9.17, 15) is 8.42 Å². The lowest BCUT2D eigenvalue weighted by molar-refractivity contribution is 0.603. The lowest BCUT2D eigenvalue weighted by atomic mass is 10.2. The molecule has 0 N–H and O–H groups in total. The molecule has 0 aliphatic heterocycles. The summed E-state index contributed by atoms with van der Waals surface area (Å²) in [6.07, 6.45) is 0. The molecule has 0 aromatic heterocycles. The summed E-state index contributed by atoms with van der Waals surface area (Å²) < 4.78 is 28.0. The second-order valence-corrected chi connectivity index (χ2v) is 6.35. The van der Waals surface area contributed by atoms with Gasteiger partial charge in [-0.3, -0.25) is 0 Å². The van der Waals surface area contributed by atoms with Crippen molar-refractivity contribution in [3.8, 4) is 0 Å². The third-order valence-electron chi connectivity index (χ3n) is 2.57. The van der Waals surface area contributed by atoms with E-state index in [2.05, 4.69) is 4.72 Å². The fraction of sp³-hybridized carbons (Fsp3) is 0.0769. The first kappa shape index (κ1) is 14.2. The molecule has 0 heterocycles. The van der Waals surface area contributed by atoms with E-state index in [4.69, 9.17) is 23.2 Å². The van der Waals surface area contributed by atoms with Crippen LogP contribution in [0.25, 0.3) is 4.72 Å². The minimum absolute atomic E-state index is 0.0938. The van der Waals surface area contributed by atoms with Gasteiger partial charge in [-0.2, -0.15) is 0 Å². The molecule has 0 radical (unpaired) electrons. The van der Waals surface area contributed by atoms with Crippen LogP contribution >= 0.6 is 23.2 Å². The van der Waals surface area contributed by atoms with E-state index in [1.54, 1.807) is 25.1 Å². The van der Waals surface area contributed by atoms with E-state index in [1.165, 1.54) is 24.3 Å². The van der Waals surface area contributed by atoms with Gasteiger partial charge in [0.15, 0.2) is 0 Å². The minimum Gasteiger partial charge on any atom is -0.572 e. The largest absolute Gasteiger partial charge is 0.572 e.